The highest BCUT2D eigenvalue weighted by Gasteiger charge is 2.20. The number of aldehydes is 6. The lowest BCUT2D eigenvalue weighted by atomic mass is 9.97. The summed E-state index contributed by atoms with van der Waals surface area (Å²) in [5.41, 5.74) is 12.4. The van der Waals surface area contributed by atoms with Crippen LogP contribution in [0.1, 0.15) is 110 Å². The molecule has 25 nitrogen and oxygen atoms in total. The number of esters is 1. The molecule has 0 aliphatic carbocycles. The quantitative estimate of drug-likeness (QED) is 0.0225. The number of phenolic OH excluding ortho intramolecular Hbond substituents is 6. The first-order valence-electron chi connectivity index (χ1n) is 42.1. The van der Waals surface area contributed by atoms with Gasteiger partial charge in [-0.15, -0.1) is 11.3 Å². The van der Waals surface area contributed by atoms with Crippen LogP contribution in [-0.2, 0) is 9.47 Å². The molecule has 1 amide bonds. The van der Waals surface area contributed by atoms with E-state index in [0.717, 1.165) is 136 Å². The minimum atomic E-state index is -1.09. The van der Waals surface area contributed by atoms with Gasteiger partial charge in [0.1, 0.15) is 56.0 Å². The number of morpholine rings is 1. The Hall–Kier alpha value is -17.5. The molecule has 8 N–H and O–H groups in total. The number of carbonyl (C=O) groups is 10. The molecule has 0 spiro atoms. The summed E-state index contributed by atoms with van der Waals surface area (Å²) in [5, 5.41) is 86.0. The number of phenols is 6. The van der Waals surface area contributed by atoms with Gasteiger partial charge in [-0.25, -0.2) is 29.3 Å². The van der Waals surface area contributed by atoms with E-state index in [9.17, 15) is 78.6 Å². The highest BCUT2D eigenvalue weighted by atomic mass is 35.5. The minimum Gasteiger partial charge on any atom is -0.507 e. The van der Waals surface area contributed by atoms with Crippen molar-refractivity contribution in [2.24, 2.45) is 0 Å². The lowest BCUT2D eigenvalue weighted by Crippen LogP contribution is -2.36. The number of aromatic carboxylic acids is 2. The van der Waals surface area contributed by atoms with E-state index in [1.165, 1.54) is 47.7 Å². The number of rotatable bonds is 18. The van der Waals surface area contributed by atoms with Gasteiger partial charge in [-0.3, -0.25) is 33.6 Å². The number of hydrogen-bond acceptors (Lipinski definition) is 23. The zero-order valence-electron chi connectivity index (χ0n) is 72.8. The number of aromatic nitrogens is 3. The Morgan fingerprint density at radius 3 is 1.15 bits per heavy atom. The summed E-state index contributed by atoms with van der Waals surface area (Å²) in [6.45, 7) is 5.32. The van der Waals surface area contributed by atoms with Gasteiger partial charge in [0.15, 0.2) is 37.7 Å². The number of thiophene rings is 1. The molecule has 1 fully saturated rings. The number of aromatic hydroxyl groups is 6. The molecule has 18 aromatic rings. The van der Waals surface area contributed by atoms with Crippen LogP contribution in [0.4, 0.5) is 5.82 Å². The summed E-state index contributed by atoms with van der Waals surface area (Å²) in [4.78, 5) is 130. The van der Waals surface area contributed by atoms with E-state index in [4.69, 9.17) is 31.3 Å². The smallest absolute Gasteiger partial charge is 0.354 e. The summed E-state index contributed by atoms with van der Waals surface area (Å²) in [7, 11) is 3.44. The molecule has 1 aliphatic heterocycles. The number of fused-ring (bicyclic) bond motifs is 6. The molecule has 27 heteroatoms. The van der Waals surface area contributed by atoms with E-state index in [1.54, 1.807) is 153 Å². The minimum absolute atomic E-state index is 0.00610. The van der Waals surface area contributed by atoms with Gasteiger partial charge in [-0.1, -0.05) is 151 Å². The van der Waals surface area contributed by atoms with Gasteiger partial charge < -0.3 is 60.1 Å². The second-order valence-corrected chi connectivity index (χ2v) is 32.4. The SMILES string of the molecule is CCOC(=O)c1ccc(-c2ccc3c(C=O)c(O)ccc3c2)s1.CN(C)C(=O)c1cccc(-c2ccc3c(C=O)c(O)ccc3c2)c1.O=Cc1c(O)ccc2cc(-c3ccc(C(=O)O)cc3)ccc12.O=Cc1c(O)ccc2cc(-c3ccc(Cl)nc3)ccc12.O=Cc1c(O)ccc2cc(-c3ccc(N4CCOCC4)nc3)ccc12.O=Cc1c(O)ccc2cc(-c3cccc(C(=O)O)n3)ccc12. The molecule has 1 aliphatic rings. The van der Waals surface area contributed by atoms with Gasteiger partial charge in [0.25, 0.3) is 5.91 Å². The number of halogens is 1. The van der Waals surface area contributed by atoms with E-state index >= 15 is 0 Å². The fraction of sp³-hybridized carbons (Fsp3) is 0.0734. The Balaban J connectivity index is 0.000000131. The number of carboxylic acid groups (broad SMARTS) is 2. The van der Waals surface area contributed by atoms with Gasteiger partial charge in [-0.05, 0) is 256 Å². The summed E-state index contributed by atoms with van der Waals surface area (Å²) < 4.78 is 10.4. The van der Waals surface area contributed by atoms with Gasteiger partial charge in [0.2, 0.25) is 0 Å². The van der Waals surface area contributed by atoms with Crippen molar-refractivity contribution in [1.29, 1.82) is 0 Å². The average molecular weight is 1850 g/mol. The maximum atomic E-state index is 12.1. The third kappa shape index (κ3) is 21.6. The monoisotopic (exact) mass is 1850 g/mol. The van der Waals surface area contributed by atoms with Gasteiger partial charge in [-0.2, -0.15) is 0 Å². The lowest BCUT2D eigenvalue weighted by molar-refractivity contribution is 0.0530. The summed E-state index contributed by atoms with van der Waals surface area (Å²) in [6.07, 6.45) is 7.49. The number of ether oxygens (including phenoxy) is 2. The fourth-order valence-corrected chi connectivity index (χ4v) is 16.3. The lowest BCUT2D eigenvalue weighted by Gasteiger charge is -2.27. The van der Waals surface area contributed by atoms with Gasteiger partial charge in [0, 0.05) is 66.7 Å². The molecule has 0 bridgehead atoms. The van der Waals surface area contributed by atoms with Crippen molar-refractivity contribution >= 4 is 155 Å². The number of carbonyl (C=O) groups excluding carboxylic acids is 8. The van der Waals surface area contributed by atoms with Gasteiger partial charge in [0.05, 0.1) is 64.5 Å². The fourth-order valence-electron chi connectivity index (χ4n) is 15.3. The predicted octanol–water partition coefficient (Wildman–Crippen LogP) is 22.2. The van der Waals surface area contributed by atoms with Crippen molar-refractivity contribution < 1.29 is 98.3 Å². The summed E-state index contributed by atoms with van der Waals surface area (Å²) >= 11 is 7.14. The van der Waals surface area contributed by atoms with E-state index < -0.39 is 11.9 Å². The van der Waals surface area contributed by atoms with E-state index in [-0.39, 0.29) is 79.9 Å². The first-order valence-corrected chi connectivity index (χ1v) is 43.3. The molecule has 136 heavy (non-hydrogen) atoms. The van der Waals surface area contributed by atoms with Crippen molar-refractivity contribution in [1.82, 2.24) is 19.9 Å². The largest absolute Gasteiger partial charge is 0.507 e. The van der Waals surface area contributed by atoms with Crippen LogP contribution in [-0.4, -0.2) is 169 Å². The van der Waals surface area contributed by atoms with Crippen molar-refractivity contribution in [3.05, 3.63) is 358 Å². The molecule has 14 aromatic carbocycles. The molecular weight excluding hydrogens is 1770 g/mol. The van der Waals surface area contributed by atoms with Crippen molar-refractivity contribution in [2.75, 3.05) is 51.9 Å². The van der Waals surface area contributed by atoms with Crippen LogP contribution >= 0.6 is 22.9 Å². The summed E-state index contributed by atoms with van der Waals surface area (Å²) in [5.74, 6) is -1.62. The number of anilines is 1. The zero-order valence-corrected chi connectivity index (χ0v) is 74.4. The standard InChI is InChI=1S/C20H18N2O3.C20H17NO3.C18H14O4S.C18H12O4.C17H11NO4.C16H10ClNO2/c23-13-18-17-4-1-14(11-15(17)2-5-19(18)24)16-3-6-20(21-12-16)22-7-9-25-10-8-22;1-21(2)20(24)16-5-3-4-13(11-16)14-6-8-17-15(10-14)7-9-19(23)18(17)12-22;1-2-22-18(21)17-8-7-16(23-17)12-3-5-13-11(9-12)4-6-15(20)14(13)10-19;19-10-16-15-7-5-13(9-14(15)6-8-17(16)20)11-1-3-12(4-2-11)18(21)22;19-9-13-12-6-4-11(8-10(12)5-7-16(13)20)14-2-1-3-15(18-14)17(21)22;17-16-6-3-12(8-18-16)10-1-4-13-11(7-10)2-5-15(20)14(13)9-19/h1-6,11-13,24H,7-10H2;3-12,23H,1-2H3;3-10,20H,2H2,1H3;1-10,20H,(H,21,22);1-9,20H,(H,21,22);1-9,20H. The first-order chi connectivity index (χ1) is 65.8. The maximum Gasteiger partial charge on any atom is 0.354 e. The molecule has 0 atom stereocenters. The van der Waals surface area contributed by atoms with Gasteiger partial charge >= 0.3 is 17.9 Å². The van der Waals surface area contributed by atoms with Crippen LogP contribution in [0, 0.1) is 0 Å². The number of nitrogens with zero attached hydrogens (tertiary/aromatic N) is 5. The third-order valence-corrected chi connectivity index (χ3v) is 23.7. The molecule has 0 saturated carbocycles. The number of hydrogen-bond donors (Lipinski definition) is 8. The summed E-state index contributed by atoms with van der Waals surface area (Å²) in [6, 6.07) is 83.2. The first kappa shape index (κ1) is 94.7. The Morgan fingerprint density at radius 2 is 0.757 bits per heavy atom. The number of carboxylic acids is 2. The van der Waals surface area contributed by atoms with Crippen LogP contribution in [0.25, 0.3) is 131 Å². The Bertz CT molecular complexity index is 7670. The molecule has 19 rings (SSSR count). The van der Waals surface area contributed by atoms with Crippen LogP contribution in [0.2, 0.25) is 5.15 Å². The number of amides is 1. The highest BCUT2D eigenvalue weighted by Crippen LogP contribution is 2.39. The topological polar surface area (TPSA) is 396 Å². The van der Waals surface area contributed by atoms with E-state index in [1.807, 2.05) is 128 Å². The van der Waals surface area contributed by atoms with E-state index in [0.29, 0.717) is 98.3 Å². The molecule has 4 aromatic heterocycles. The number of pyridine rings is 3. The zero-order chi connectivity index (χ0) is 96.4. The van der Waals surface area contributed by atoms with Crippen LogP contribution in [0.5, 0.6) is 34.5 Å². The normalized spacial score (nSPS) is 11.3. The number of benzene rings is 14. The highest BCUT2D eigenvalue weighted by molar-refractivity contribution is 7.17. The van der Waals surface area contributed by atoms with Crippen LogP contribution in [0.15, 0.2) is 298 Å². The van der Waals surface area contributed by atoms with Crippen LogP contribution < -0.4 is 4.90 Å². The second kappa shape index (κ2) is 43.1. The molecule has 0 unspecified atom stereocenters. The van der Waals surface area contributed by atoms with Crippen LogP contribution in [0.3, 0.4) is 0 Å². The maximum absolute atomic E-state index is 12.1. The van der Waals surface area contributed by atoms with Crippen molar-refractivity contribution in [3.8, 4) is 101 Å². The molecule has 676 valence electrons. The average Bonchev–Trinajstić information content (AvgIpc) is 1.29. The van der Waals surface area contributed by atoms with E-state index in [2.05, 4.69) is 25.9 Å². The third-order valence-electron chi connectivity index (χ3n) is 22.4. The second-order valence-electron chi connectivity index (χ2n) is 30.9. The Morgan fingerprint density at radius 1 is 0.390 bits per heavy atom. The molecule has 1 saturated heterocycles. The Kier molecular flexibility index (Phi) is 30.0. The van der Waals surface area contributed by atoms with Crippen molar-refractivity contribution in [2.45, 2.75) is 6.92 Å². The molecular formula is C109H82ClN5O20S. The van der Waals surface area contributed by atoms with Crippen molar-refractivity contribution in [3.63, 3.8) is 0 Å². The Labute approximate surface area is 785 Å². The molecule has 5 heterocycles. The molecule has 0 radical (unpaired) electrons. The predicted molar refractivity (Wildman–Crippen MR) is 526 cm³/mol.